The first kappa shape index (κ1) is 33.0. The second-order valence-corrected chi connectivity index (χ2v) is 23.6. The number of halogens is 1. The first-order valence-electron chi connectivity index (χ1n) is 13.1. The molecule has 216 valence electrons. The van der Waals surface area contributed by atoms with Crippen LogP contribution >= 0.6 is 15.9 Å². The van der Waals surface area contributed by atoms with E-state index in [0.29, 0.717) is 36.9 Å². The van der Waals surface area contributed by atoms with Crippen molar-refractivity contribution in [3.05, 3.63) is 56.0 Å². The summed E-state index contributed by atoms with van der Waals surface area (Å²) >= 11 is 3.61. The molecule has 0 amide bonds. The highest BCUT2D eigenvalue weighted by Gasteiger charge is 2.17. The monoisotopic (exact) mass is 639 g/mol. The van der Waals surface area contributed by atoms with Crippen molar-refractivity contribution in [3.63, 3.8) is 0 Å². The minimum atomic E-state index is -1.21. The zero-order valence-electron chi connectivity index (χ0n) is 24.2. The van der Waals surface area contributed by atoms with E-state index in [2.05, 4.69) is 55.2 Å². The third-order valence-corrected chi connectivity index (χ3v) is 9.83. The van der Waals surface area contributed by atoms with Crippen LogP contribution in [0.2, 0.25) is 51.4 Å². The molecule has 0 saturated carbocycles. The first-order chi connectivity index (χ1) is 18.3. The zero-order valence-corrected chi connectivity index (χ0v) is 27.8. The van der Waals surface area contributed by atoms with Gasteiger partial charge in [-0.25, -0.2) is 0 Å². The summed E-state index contributed by atoms with van der Waals surface area (Å²) in [5, 5.41) is 11.7. The third kappa shape index (κ3) is 12.7. The molecule has 2 aromatic carbocycles. The number of nitro benzene ring substituents is 1. The molecule has 0 heterocycles. The Morgan fingerprint density at radius 1 is 0.846 bits per heavy atom. The van der Waals surface area contributed by atoms with Crippen molar-refractivity contribution in [2.75, 3.05) is 33.4 Å². The van der Waals surface area contributed by atoms with Gasteiger partial charge in [0.05, 0.1) is 16.0 Å². The van der Waals surface area contributed by atoms with Gasteiger partial charge in [0.15, 0.2) is 19.3 Å². The maximum atomic E-state index is 11.7. The summed E-state index contributed by atoms with van der Waals surface area (Å²) in [7, 11) is -2.38. The molecule has 2 rings (SSSR count). The predicted molar refractivity (Wildman–Crippen MR) is 167 cm³/mol. The summed E-state index contributed by atoms with van der Waals surface area (Å²) in [5.41, 5.74) is 1.34. The Labute approximate surface area is 242 Å². The van der Waals surface area contributed by atoms with E-state index in [4.69, 9.17) is 23.7 Å². The molecule has 0 aliphatic rings. The molecule has 0 bridgehead atoms. The van der Waals surface area contributed by atoms with Gasteiger partial charge >= 0.3 is 5.69 Å². The molecule has 0 aliphatic carbocycles. The van der Waals surface area contributed by atoms with Gasteiger partial charge in [-0.15, -0.1) is 0 Å². The van der Waals surface area contributed by atoms with Crippen molar-refractivity contribution in [2.45, 2.75) is 58.3 Å². The van der Waals surface area contributed by atoms with Crippen LogP contribution in [0.1, 0.15) is 18.1 Å². The first-order valence-corrected chi connectivity index (χ1v) is 21.3. The van der Waals surface area contributed by atoms with Gasteiger partial charge < -0.3 is 23.7 Å². The molecule has 0 N–H and O–H groups in total. The number of nitro groups is 1. The normalized spacial score (nSPS) is 12.1. The quantitative estimate of drug-likeness (QED) is 0.0429. The van der Waals surface area contributed by atoms with E-state index >= 15 is 0 Å². The van der Waals surface area contributed by atoms with Crippen LogP contribution in [0.15, 0.2) is 34.8 Å². The average molecular weight is 641 g/mol. The summed E-state index contributed by atoms with van der Waals surface area (Å²) in [6.07, 6.45) is 3.65. The number of hydrogen-bond donors (Lipinski definition) is 0. The molecular formula is C28H42BrNO7Si2. The van der Waals surface area contributed by atoms with Gasteiger partial charge in [-0.05, 0) is 58.2 Å². The van der Waals surface area contributed by atoms with Crippen molar-refractivity contribution in [1.82, 2.24) is 0 Å². The molecule has 0 unspecified atom stereocenters. The molecule has 0 aromatic heterocycles. The van der Waals surface area contributed by atoms with Crippen LogP contribution in [0.3, 0.4) is 0 Å². The van der Waals surface area contributed by atoms with Crippen LogP contribution in [0.5, 0.6) is 17.2 Å². The summed E-state index contributed by atoms with van der Waals surface area (Å²) in [6.45, 7) is 17.5. The van der Waals surface area contributed by atoms with E-state index in [-0.39, 0.29) is 25.0 Å². The molecule has 0 radical (unpaired) electrons. The Morgan fingerprint density at radius 3 is 2.03 bits per heavy atom. The fraction of sp³-hybridized carbons (Fsp3) is 0.500. The highest BCUT2D eigenvalue weighted by Crippen LogP contribution is 2.35. The topological polar surface area (TPSA) is 89.3 Å². The Hall–Kier alpha value is -2.19. The zero-order chi connectivity index (χ0) is 29.1. The third-order valence-electron chi connectivity index (χ3n) is 5.58. The smallest absolute Gasteiger partial charge is 0.311 e. The van der Waals surface area contributed by atoms with E-state index in [1.54, 1.807) is 18.2 Å². The summed E-state index contributed by atoms with van der Waals surface area (Å²) in [6, 6.07) is 10.6. The minimum Gasteiger partial charge on any atom is -0.493 e. The molecule has 0 saturated heterocycles. The second-order valence-electron chi connectivity index (χ2n) is 11.5. The predicted octanol–water partition coefficient (Wildman–Crippen LogP) is 8.31. The highest BCUT2D eigenvalue weighted by molar-refractivity contribution is 9.10. The lowest BCUT2D eigenvalue weighted by atomic mass is 10.1. The van der Waals surface area contributed by atoms with Gasteiger partial charge in [0.1, 0.15) is 11.5 Å². The van der Waals surface area contributed by atoms with Crippen LogP contribution in [-0.4, -0.2) is 54.5 Å². The summed E-state index contributed by atoms with van der Waals surface area (Å²) in [5.74, 6) is 1.42. The van der Waals surface area contributed by atoms with Gasteiger partial charge in [-0.2, -0.15) is 0 Å². The summed E-state index contributed by atoms with van der Waals surface area (Å²) < 4.78 is 29.1. The molecule has 0 atom stereocenters. The number of rotatable bonds is 17. The molecule has 11 heteroatoms. The molecule has 39 heavy (non-hydrogen) atoms. The molecular weight excluding hydrogens is 598 g/mol. The van der Waals surface area contributed by atoms with Gasteiger partial charge in [0, 0.05) is 41.5 Å². The number of ether oxygens (including phenoxy) is 5. The molecule has 0 aliphatic heterocycles. The Morgan fingerprint density at radius 2 is 1.46 bits per heavy atom. The summed E-state index contributed by atoms with van der Waals surface area (Å²) in [4.78, 5) is 11.3. The van der Waals surface area contributed by atoms with E-state index in [1.807, 2.05) is 25.1 Å². The fourth-order valence-electron chi connectivity index (χ4n) is 3.24. The minimum absolute atomic E-state index is 0.0255. The van der Waals surface area contributed by atoms with E-state index in [1.165, 1.54) is 6.07 Å². The standard InChI is InChI=1S/C28H42BrNO7Si2/c1-8-35-27-19-24(36-20-33-13-15-38(2,3)4)18-23(28(27)29)11-9-22-10-12-26(25(17-22)30(31)32)37-21-34-14-16-39(5,6)7/h9-12,17-19H,8,13-16,20-21H2,1-7H3/b11-9+. The SMILES string of the molecule is CCOc1cc(OCOCC[Si](C)(C)C)cc(/C=C/c2ccc(OCOCC[Si](C)(C)C)c([N+](=O)[O-])c2)c1Br. The fourth-order valence-corrected chi connectivity index (χ4v) is 5.23. The van der Waals surface area contributed by atoms with E-state index < -0.39 is 21.1 Å². The lowest BCUT2D eigenvalue weighted by Crippen LogP contribution is -2.22. The van der Waals surface area contributed by atoms with Crippen LogP contribution in [-0.2, 0) is 9.47 Å². The molecule has 8 nitrogen and oxygen atoms in total. The van der Waals surface area contributed by atoms with Crippen molar-refractivity contribution in [2.24, 2.45) is 0 Å². The average Bonchev–Trinajstić information content (AvgIpc) is 2.83. The lowest BCUT2D eigenvalue weighted by molar-refractivity contribution is -0.386. The van der Waals surface area contributed by atoms with Crippen LogP contribution in [0.25, 0.3) is 12.2 Å². The number of nitrogens with zero attached hydrogens (tertiary/aromatic N) is 1. The molecule has 2 aromatic rings. The molecule has 0 fully saturated rings. The van der Waals surface area contributed by atoms with Gasteiger partial charge in [-0.1, -0.05) is 57.5 Å². The lowest BCUT2D eigenvalue weighted by Gasteiger charge is -2.16. The van der Waals surface area contributed by atoms with Crippen LogP contribution in [0.4, 0.5) is 5.69 Å². The van der Waals surface area contributed by atoms with Crippen molar-refractivity contribution in [3.8, 4) is 17.2 Å². The molecule has 0 spiro atoms. The number of benzene rings is 2. The largest absolute Gasteiger partial charge is 0.493 e. The Balaban J connectivity index is 2.13. The maximum absolute atomic E-state index is 11.7. The van der Waals surface area contributed by atoms with E-state index in [0.717, 1.165) is 22.1 Å². The Bertz CT molecular complexity index is 1110. The number of hydrogen-bond acceptors (Lipinski definition) is 7. The van der Waals surface area contributed by atoms with Gasteiger partial charge in [-0.3, -0.25) is 10.1 Å². The van der Waals surface area contributed by atoms with Crippen LogP contribution in [0, 0.1) is 10.1 Å². The highest BCUT2D eigenvalue weighted by atomic mass is 79.9. The van der Waals surface area contributed by atoms with Crippen molar-refractivity contribution in [1.29, 1.82) is 0 Å². The van der Waals surface area contributed by atoms with Crippen molar-refractivity contribution < 1.29 is 28.6 Å². The Kier molecular flexibility index (Phi) is 13.2. The van der Waals surface area contributed by atoms with Crippen molar-refractivity contribution >= 4 is 49.9 Å². The van der Waals surface area contributed by atoms with Gasteiger partial charge in [0.25, 0.3) is 0 Å². The van der Waals surface area contributed by atoms with Gasteiger partial charge in [0.2, 0.25) is 0 Å². The second kappa shape index (κ2) is 15.6. The maximum Gasteiger partial charge on any atom is 0.311 e. The van der Waals surface area contributed by atoms with E-state index in [9.17, 15) is 10.1 Å². The van der Waals surface area contributed by atoms with Crippen LogP contribution < -0.4 is 14.2 Å².